The molecule has 1 fully saturated rings. The third kappa shape index (κ3) is 16.2. The van der Waals surface area contributed by atoms with Gasteiger partial charge in [-0.25, -0.2) is 0 Å². The molecule has 0 saturated carbocycles. The highest BCUT2D eigenvalue weighted by molar-refractivity contribution is 5.68. The van der Waals surface area contributed by atoms with Gasteiger partial charge >= 0.3 is 5.97 Å². The van der Waals surface area contributed by atoms with E-state index in [1.54, 1.807) is 0 Å². The minimum Gasteiger partial charge on any atom is -0.469 e. The van der Waals surface area contributed by atoms with Crippen LogP contribution in [0.1, 0.15) is 148 Å². The summed E-state index contributed by atoms with van der Waals surface area (Å²) in [6.45, 7) is 2.29. The molecule has 2 atom stereocenters. The molecule has 1 rings (SSSR count). The Labute approximate surface area is 188 Å². The Morgan fingerprint density at radius 2 is 1.13 bits per heavy atom. The van der Waals surface area contributed by atoms with Crippen LogP contribution < -0.4 is 0 Å². The lowest BCUT2D eigenvalue weighted by Gasteiger charge is -2.30. The second-order valence-corrected chi connectivity index (χ2v) is 9.52. The standard InChI is InChI=1S/C27H52O3/c1-3-4-5-6-7-8-9-10-11-12-13-14-15-16-17-20-25-21-18-22-26(30-25)23-19-24-27(28)29-2/h25-26H,3-24H2,1-2H3. The number of unbranched alkanes of at least 4 members (excludes halogenated alkanes) is 14. The van der Waals surface area contributed by atoms with Gasteiger partial charge in [-0.2, -0.15) is 0 Å². The number of hydrogen-bond acceptors (Lipinski definition) is 3. The molecule has 1 aliphatic rings. The lowest BCUT2D eigenvalue weighted by molar-refractivity contribution is -0.141. The molecule has 3 heteroatoms. The van der Waals surface area contributed by atoms with Crippen molar-refractivity contribution in [2.45, 2.75) is 160 Å². The van der Waals surface area contributed by atoms with Gasteiger partial charge in [-0.05, 0) is 38.5 Å². The van der Waals surface area contributed by atoms with Gasteiger partial charge in [0.2, 0.25) is 0 Å². The maximum Gasteiger partial charge on any atom is 0.305 e. The highest BCUT2D eigenvalue weighted by Crippen LogP contribution is 2.26. The minimum absolute atomic E-state index is 0.0971. The van der Waals surface area contributed by atoms with Crippen LogP contribution in [0.25, 0.3) is 0 Å². The predicted octanol–water partition coefficient (Wildman–Crippen LogP) is 8.53. The fraction of sp³-hybridized carbons (Fsp3) is 0.963. The molecule has 3 nitrogen and oxygen atoms in total. The summed E-state index contributed by atoms with van der Waals surface area (Å²) < 4.78 is 11.0. The predicted molar refractivity (Wildman–Crippen MR) is 128 cm³/mol. The van der Waals surface area contributed by atoms with E-state index in [2.05, 4.69) is 6.92 Å². The second-order valence-electron chi connectivity index (χ2n) is 9.52. The Morgan fingerprint density at radius 3 is 1.60 bits per heavy atom. The number of ether oxygens (including phenoxy) is 2. The Morgan fingerprint density at radius 1 is 0.700 bits per heavy atom. The van der Waals surface area contributed by atoms with Crippen molar-refractivity contribution in [2.75, 3.05) is 7.11 Å². The lowest BCUT2D eigenvalue weighted by atomic mass is 9.96. The first kappa shape index (κ1) is 27.5. The van der Waals surface area contributed by atoms with Crippen LogP contribution in [0.3, 0.4) is 0 Å². The Kier molecular flexibility index (Phi) is 18.6. The van der Waals surface area contributed by atoms with Crippen molar-refractivity contribution in [1.82, 2.24) is 0 Å². The molecular formula is C27H52O3. The zero-order chi connectivity index (χ0) is 21.7. The van der Waals surface area contributed by atoms with Crippen LogP contribution in [0.4, 0.5) is 0 Å². The molecule has 0 aliphatic carbocycles. The van der Waals surface area contributed by atoms with Crippen molar-refractivity contribution in [1.29, 1.82) is 0 Å². The first-order valence-corrected chi connectivity index (χ1v) is 13.5. The van der Waals surface area contributed by atoms with Gasteiger partial charge < -0.3 is 9.47 Å². The average molecular weight is 425 g/mol. The molecular weight excluding hydrogens is 372 g/mol. The summed E-state index contributed by atoms with van der Waals surface area (Å²) in [6, 6.07) is 0. The van der Waals surface area contributed by atoms with Crippen molar-refractivity contribution in [3.63, 3.8) is 0 Å². The summed E-state index contributed by atoms with van der Waals surface area (Å²) in [5, 5.41) is 0. The van der Waals surface area contributed by atoms with Crippen molar-refractivity contribution in [3.8, 4) is 0 Å². The maximum absolute atomic E-state index is 11.2. The summed E-state index contributed by atoms with van der Waals surface area (Å²) in [4.78, 5) is 11.2. The molecule has 0 aromatic heterocycles. The normalized spacial score (nSPS) is 19.1. The topological polar surface area (TPSA) is 35.5 Å². The van der Waals surface area contributed by atoms with Gasteiger partial charge in [0.25, 0.3) is 0 Å². The third-order valence-electron chi connectivity index (χ3n) is 6.70. The number of methoxy groups -OCH3 is 1. The summed E-state index contributed by atoms with van der Waals surface area (Å²) in [6.07, 6.45) is 29.5. The van der Waals surface area contributed by atoms with Gasteiger partial charge in [0.1, 0.15) is 0 Å². The zero-order valence-electron chi connectivity index (χ0n) is 20.4. The fourth-order valence-corrected chi connectivity index (χ4v) is 4.73. The van der Waals surface area contributed by atoms with Gasteiger partial charge in [0.15, 0.2) is 0 Å². The van der Waals surface area contributed by atoms with Crippen LogP contribution in [-0.2, 0) is 14.3 Å². The van der Waals surface area contributed by atoms with E-state index in [-0.39, 0.29) is 5.97 Å². The van der Waals surface area contributed by atoms with Gasteiger partial charge in [0, 0.05) is 6.42 Å². The van der Waals surface area contributed by atoms with E-state index in [0.29, 0.717) is 18.6 Å². The molecule has 1 saturated heterocycles. The van der Waals surface area contributed by atoms with Crippen molar-refractivity contribution in [2.24, 2.45) is 0 Å². The Balaban J connectivity index is 1.83. The summed E-state index contributed by atoms with van der Waals surface area (Å²) in [5.41, 5.74) is 0. The smallest absolute Gasteiger partial charge is 0.305 e. The van der Waals surface area contributed by atoms with E-state index in [1.165, 1.54) is 123 Å². The molecule has 0 bridgehead atoms. The van der Waals surface area contributed by atoms with E-state index in [9.17, 15) is 4.79 Å². The van der Waals surface area contributed by atoms with E-state index < -0.39 is 0 Å². The molecule has 0 radical (unpaired) electrons. The summed E-state index contributed by atoms with van der Waals surface area (Å²) in [5.74, 6) is -0.0971. The molecule has 0 spiro atoms. The summed E-state index contributed by atoms with van der Waals surface area (Å²) >= 11 is 0. The van der Waals surface area contributed by atoms with Crippen LogP contribution in [0, 0.1) is 0 Å². The minimum atomic E-state index is -0.0971. The molecule has 1 aliphatic heterocycles. The molecule has 0 N–H and O–H groups in total. The molecule has 0 aromatic rings. The van der Waals surface area contributed by atoms with Gasteiger partial charge in [-0.15, -0.1) is 0 Å². The van der Waals surface area contributed by atoms with Crippen LogP contribution in [-0.4, -0.2) is 25.3 Å². The summed E-state index contributed by atoms with van der Waals surface area (Å²) in [7, 11) is 1.47. The molecule has 1 heterocycles. The first-order chi connectivity index (χ1) is 14.8. The fourth-order valence-electron chi connectivity index (χ4n) is 4.73. The van der Waals surface area contributed by atoms with Crippen LogP contribution in [0.2, 0.25) is 0 Å². The highest BCUT2D eigenvalue weighted by Gasteiger charge is 2.21. The molecule has 178 valence electrons. The Hall–Kier alpha value is -0.570. The first-order valence-electron chi connectivity index (χ1n) is 13.5. The van der Waals surface area contributed by atoms with E-state index >= 15 is 0 Å². The van der Waals surface area contributed by atoms with E-state index in [1.807, 2.05) is 0 Å². The number of hydrogen-bond donors (Lipinski definition) is 0. The molecule has 2 unspecified atom stereocenters. The zero-order valence-corrected chi connectivity index (χ0v) is 20.4. The monoisotopic (exact) mass is 424 g/mol. The van der Waals surface area contributed by atoms with E-state index in [4.69, 9.17) is 9.47 Å². The molecule has 0 amide bonds. The molecule has 30 heavy (non-hydrogen) atoms. The van der Waals surface area contributed by atoms with Gasteiger partial charge in [-0.1, -0.05) is 103 Å². The Bertz CT molecular complexity index is 382. The lowest BCUT2D eigenvalue weighted by Crippen LogP contribution is -2.27. The van der Waals surface area contributed by atoms with E-state index in [0.717, 1.165) is 19.3 Å². The average Bonchev–Trinajstić information content (AvgIpc) is 2.76. The van der Waals surface area contributed by atoms with Crippen molar-refractivity contribution >= 4 is 5.97 Å². The van der Waals surface area contributed by atoms with Crippen LogP contribution in [0.15, 0.2) is 0 Å². The number of carbonyl (C=O) groups excluding carboxylic acids is 1. The quantitative estimate of drug-likeness (QED) is 0.145. The van der Waals surface area contributed by atoms with Crippen LogP contribution >= 0.6 is 0 Å². The van der Waals surface area contributed by atoms with Gasteiger partial charge in [-0.3, -0.25) is 4.79 Å². The van der Waals surface area contributed by atoms with Crippen molar-refractivity contribution in [3.05, 3.63) is 0 Å². The SMILES string of the molecule is CCCCCCCCCCCCCCCCCC1CCCC(CCCC(=O)OC)O1. The number of esters is 1. The number of carbonyl (C=O) groups is 1. The van der Waals surface area contributed by atoms with Crippen molar-refractivity contribution < 1.29 is 14.3 Å². The third-order valence-corrected chi connectivity index (χ3v) is 6.70. The van der Waals surface area contributed by atoms with Gasteiger partial charge in [0.05, 0.1) is 19.3 Å². The largest absolute Gasteiger partial charge is 0.469 e. The number of rotatable bonds is 20. The highest BCUT2D eigenvalue weighted by atomic mass is 16.5. The second kappa shape index (κ2) is 20.3. The van der Waals surface area contributed by atoms with Crippen LogP contribution in [0.5, 0.6) is 0 Å². The molecule has 0 aromatic carbocycles. The maximum atomic E-state index is 11.2.